The van der Waals surface area contributed by atoms with E-state index in [0.29, 0.717) is 40.4 Å². The number of carbonyl (C=O) groups is 12. The summed E-state index contributed by atoms with van der Waals surface area (Å²) >= 11 is 1.41. The van der Waals surface area contributed by atoms with Crippen LogP contribution in [0.1, 0.15) is 123 Å². The highest BCUT2D eigenvalue weighted by Gasteiger charge is 2.32. The van der Waals surface area contributed by atoms with Crippen molar-refractivity contribution in [3.8, 4) is 11.5 Å². The number of nitrogens with two attached hydrogens (primary N) is 1. The summed E-state index contributed by atoms with van der Waals surface area (Å²) in [6.07, 6.45) is 2.61. The second-order valence-electron chi connectivity index (χ2n) is 24.6. The normalized spacial score (nSPS) is 19.6. The van der Waals surface area contributed by atoms with Gasteiger partial charge in [0.1, 0.15) is 0 Å². The van der Waals surface area contributed by atoms with Crippen molar-refractivity contribution in [3.05, 3.63) is 131 Å². The molecule has 4 aliphatic rings. The Hall–Kier alpha value is -9.53. The van der Waals surface area contributed by atoms with Gasteiger partial charge in [0, 0.05) is 87.4 Å². The molecule has 4 atom stereocenters. The van der Waals surface area contributed by atoms with Crippen LogP contribution < -0.4 is 36.5 Å². The number of carboxylic acids is 3. The lowest BCUT2D eigenvalue weighted by molar-refractivity contribution is -0.142. The van der Waals surface area contributed by atoms with Gasteiger partial charge in [-0.2, -0.15) is 11.8 Å². The molecule has 2 bridgehead atoms. The summed E-state index contributed by atoms with van der Waals surface area (Å²) in [6.45, 7) is -4.11. The van der Waals surface area contributed by atoms with E-state index in [2.05, 4.69) is 21.3 Å². The third kappa shape index (κ3) is 26.0. The van der Waals surface area contributed by atoms with Gasteiger partial charge in [-0.3, -0.25) is 57.5 Å². The summed E-state index contributed by atoms with van der Waals surface area (Å²) in [5.41, 5.74) is 8.76. The molecular weight excluding hydrogens is 1260 g/mol. The molecule has 0 spiro atoms. The van der Waals surface area contributed by atoms with Crippen LogP contribution in [0, 0.1) is 5.92 Å². The summed E-state index contributed by atoms with van der Waals surface area (Å²) in [6, 6.07) is 25.6. The number of ether oxygens (including phenoxy) is 2. The Morgan fingerprint density at radius 2 is 1.03 bits per heavy atom. The Bertz CT molecular complexity index is 3340. The summed E-state index contributed by atoms with van der Waals surface area (Å²) in [5, 5.41) is 41.1. The summed E-state index contributed by atoms with van der Waals surface area (Å²) in [5.74, 6) is -8.30. The largest absolute Gasteiger partial charge is 0.481 e. The zero-order valence-corrected chi connectivity index (χ0v) is 54.6. The average Bonchev–Trinajstić information content (AvgIpc) is 1.59. The van der Waals surface area contributed by atoms with Crippen molar-refractivity contribution in [1.82, 2.24) is 40.9 Å². The van der Waals surface area contributed by atoms with Crippen molar-refractivity contribution in [2.75, 3.05) is 64.9 Å². The number of thioether (sulfide) groups is 1. The molecule has 1 aliphatic carbocycles. The first-order chi connectivity index (χ1) is 46.1. The molecule has 1 saturated carbocycles. The third-order valence-electron chi connectivity index (χ3n) is 16.8. The van der Waals surface area contributed by atoms with Crippen molar-refractivity contribution < 1.29 is 82.3 Å². The fraction of sp³-hybridized carbons (Fsp3) is 0.478. The van der Waals surface area contributed by atoms with Crippen LogP contribution in [0.2, 0.25) is 0 Å². The summed E-state index contributed by atoms with van der Waals surface area (Å²) in [4.78, 5) is 169. The van der Waals surface area contributed by atoms with Gasteiger partial charge in [0.2, 0.25) is 54.1 Å². The maximum atomic E-state index is 14.8. The molecule has 27 heteroatoms. The van der Waals surface area contributed by atoms with Gasteiger partial charge in [-0.15, -0.1) is 0 Å². The standard InChI is InChI=1S/C69H87N9O17S/c70-58(79)40-75-38-54(32-47-12-6-2-7-13-47)73-61(82)42-76(63(84)26-29-68(91)92)36-52(22-27-66(87)88)71-60(81)43-78(65(86)35-50-18-24-56-57(34-50)95-45-94-56)37-53(23-28-67(89)90)72-59(80)41-77(62(83)25-19-46-10-4-1-5-11-46)39-55(33-48-14-8-3-9-15-48)74-69(93)51-20-16-49(17-21-51)44-96-31-30-64(75)85/h2-3,6-9,12-18,20-21,24,34,46,52-55H,1,4-5,10-11,19,22-23,25-33,35-45H2,(H2,70,79)(H,71,81)(H,72,80)(H,73,82)(H,74,93)(H,87,88)(H,89,90)(H,91,92)/t52-,53-,54-,55-/m0/s1. The molecule has 26 nitrogen and oxygen atoms in total. The van der Waals surface area contributed by atoms with Gasteiger partial charge in [-0.05, 0) is 84.5 Å². The lowest BCUT2D eigenvalue weighted by Gasteiger charge is -2.32. The van der Waals surface area contributed by atoms with Crippen LogP contribution in [0.4, 0.5) is 0 Å². The Labute approximate surface area is 561 Å². The van der Waals surface area contributed by atoms with Crippen LogP contribution in [0.3, 0.4) is 0 Å². The molecule has 0 aromatic heterocycles. The molecule has 9 N–H and O–H groups in total. The van der Waals surface area contributed by atoms with Crippen LogP contribution >= 0.6 is 11.8 Å². The van der Waals surface area contributed by atoms with Crippen molar-refractivity contribution in [1.29, 1.82) is 0 Å². The molecule has 3 heterocycles. The first-order valence-electron chi connectivity index (χ1n) is 32.5. The molecule has 96 heavy (non-hydrogen) atoms. The molecule has 9 amide bonds. The van der Waals surface area contributed by atoms with Crippen LogP contribution in [-0.4, -0.2) is 195 Å². The Kier molecular flexibility index (Phi) is 29.3. The summed E-state index contributed by atoms with van der Waals surface area (Å²) < 4.78 is 11.0. The van der Waals surface area contributed by atoms with Gasteiger partial charge in [0.15, 0.2) is 11.5 Å². The monoisotopic (exact) mass is 1350 g/mol. The predicted molar refractivity (Wildman–Crippen MR) is 353 cm³/mol. The van der Waals surface area contributed by atoms with Crippen molar-refractivity contribution >= 4 is 82.8 Å². The lowest BCUT2D eigenvalue weighted by atomic mass is 9.86. The molecule has 4 aromatic rings. The zero-order chi connectivity index (χ0) is 68.9. The Morgan fingerprint density at radius 1 is 0.521 bits per heavy atom. The third-order valence-corrected chi connectivity index (χ3v) is 17.8. The Balaban J connectivity index is 1.26. The van der Waals surface area contributed by atoms with E-state index in [1.165, 1.54) is 21.6 Å². The molecule has 4 aromatic carbocycles. The number of hydrogen-bond donors (Lipinski definition) is 8. The number of nitrogens with zero attached hydrogens (tertiary/aromatic N) is 4. The van der Waals surface area contributed by atoms with Crippen molar-refractivity contribution in [3.63, 3.8) is 0 Å². The maximum absolute atomic E-state index is 14.8. The quantitative estimate of drug-likeness (QED) is 0.0578. The van der Waals surface area contributed by atoms with E-state index < -0.39 is 154 Å². The molecule has 0 unspecified atom stereocenters. The maximum Gasteiger partial charge on any atom is 0.303 e. The zero-order valence-electron chi connectivity index (χ0n) is 53.8. The second kappa shape index (κ2) is 38.1. The lowest BCUT2D eigenvalue weighted by Crippen LogP contribution is -2.55. The number of fused-ring (bicyclic) bond motifs is 30. The molecule has 1 fully saturated rings. The van der Waals surface area contributed by atoms with E-state index in [-0.39, 0.29) is 82.4 Å². The minimum absolute atomic E-state index is 0.0541. The topological polar surface area (TPSA) is 371 Å². The van der Waals surface area contributed by atoms with E-state index in [1.807, 2.05) is 30.3 Å². The molecule has 516 valence electrons. The summed E-state index contributed by atoms with van der Waals surface area (Å²) in [7, 11) is 0. The number of amides is 9. The number of primary amides is 1. The molecule has 0 saturated heterocycles. The second-order valence-corrected chi connectivity index (χ2v) is 25.7. The minimum Gasteiger partial charge on any atom is -0.481 e. The van der Waals surface area contributed by atoms with Crippen LogP contribution in [-0.2, 0) is 77.8 Å². The fourth-order valence-electron chi connectivity index (χ4n) is 11.9. The smallest absolute Gasteiger partial charge is 0.303 e. The first-order valence-corrected chi connectivity index (χ1v) is 33.6. The van der Waals surface area contributed by atoms with Gasteiger partial charge >= 0.3 is 17.9 Å². The van der Waals surface area contributed by atoms with Crippen LogP contribution in [0.25, 0.3) is 0 Å². The minimum atomic E-state index is -1.34. The van der Waals surface area contributed by atoms with E-state index in [4.69, 9.17) is 15.2 Å². The van der Waals surface area contributed by atoms with Crippen molar-refractivity contribution in [2.45, 2.75) is 139 Å². The highest BCUT2D eigenvalue weighted by molar-refractivity contribution is 7.98. The average molecular weight is 1350 g/mol. The molecular formula is C69H87N9O17S. The van der Waals surface area contributed by atoms with Crippen molar-refractivity contribution in [2.24, 2.45) is 11.7 Å². The highest BCUT2D eigenvalue weighted by Crippen LogP contribution is 2.33. The SMILES string of the molecule is NC(=O)CN1C[C@H](Cc2ccccc2)NC(=O)CN(C(=O)CCC(=O)O)C[C@H](CCC(=O)O)NC(=O)CN(C(=O)Cc2ccc3c(c2)OCO3)C[C@H](CCC(=O)O)NC(=O)CN(C(=O)CCC2CCCCC2)C[C@H](Cc2ccccc2)NC(=O)c2ccc(cc2)CSCCC1=O. The van der Waals surface area contributed by atoms with Crippen LogP contribution in [0.15, 0.2) is 103 Å². The number of rotatable bonds is 20. The van der Waals surface area contributed by atoms with Gasteiger partial charge < -0.3 is 71.4 Å². The Morgan fingerprint density at radius 3 is 1.58 bits per heavy atom. The van der Waals surface area contributed by atoms with Gasteiger partial charge in [0.05, 0.1) is 51.1 Å². The van der Waals surface area contributed by atoms with Gasteiger partial charge in [0.25, 0.3) is 5.91 Å². The fourth-order valence-corrected chi connectivity index (χ4v) is 12.8. The van der Waals surface area contributed by atoms with E-state index >= 15 is 0 Å². The number of benzene rings is 4. The van der Waals surface area contributed by atoms with Crippen LogP contribution in [0.5, 0.6) is 11.5 Å². The number of carbonyl (C=O) groups excluding carboxylic acids is 9. The van der Waals surface area contributed by atoms with Gasteiger partial charge in [-0.25, -0.2) is 0 Å². The van der Waals surface area contributed by atoms with Gasteiger partial charge in [-0.1, -0.05) is 111 Å². The predicted octanol–water partition coefficient (Wildman–Crippen LogP) is 4.09. The van der Waals surface area contributed by atoms with E-state index in [1.54, 1.807) is 72.8 Å². The number of nitrogens with one attached hydrogen (secondary N) is 4. The van der Waals surface area contributed by atoms with E-state index in [0.717, 1.165) is 53.0 Å². The first kappa shape index (κ1) is 73.9. The molecule has 0 radical (unpaired) electrons. The number of aliphatic carboxylic acids is 3. The number of hydrogen-bond acceptors (Lipinski definition) is 15. The molecule has 3 aliphatic heterocycles. The highest BCUT2D eigenvalue weighted by atomic mass is 32.2. The van der Waals surface area contributed by atoms with E-state index in [9.17, 15) is 72.9 Å². The number of carboxylic acid groups (broad SMARTS) is 3. The molecule has 8 rings (SSSR count).